The van der Waals surface area contributed by atoms with E-state index in [1.807, 2.05) is 0 Å². The first kappa shape index (κ1) is 38.7. The summed E-state index contributed by atoms with van der Waals surface area (Å²) in [5.74, 6) is 0. The highest BCUT2D eigenvalue weighted by atomic mass is 16.3. The van der Waals surface area contributed by atoms with Gasteiger partial charge in [0.2, 0.25) is 0 Å². The average Bonchev–Trinajstić information content (AvgIpc) is 3.95. The lowest BCUT2D eigenvalue weighted by molar-refractivity contribution is 0.673. The van der Waals surface area contributed by atoms with Gasteiger partial charge >= 0.3 is 0 Å². The van der Waals surface area contributed by atoms with Gasteiger partial charge in [0, 0.05) is 33.1 Å². The Morgan fingerprint density at radius 2 is 0.925 bits per heavy atom. The minimum atomic E-state index is -0.534. The van der Waals surface area contributed by atoms with Gasteiger partial charge in [0.15, 0.2) is 0 Å². The predicted molar refractivity (Wildman–Crippen MR) is 280 cm³/mol. The fraction of sp³-hybridized carbons (Fsp3) is 0.0154. The van der Waals surface area contributed by atoms with Crippen LogP contribution in [0.25, 0.3) is 77.2 Å². The second-order valence-electron chi connectivity index (χ2n) is 17.6. The topological polar surface area (TPSA) is 16.4 Å². The molecular weight excluding hydrogens is 811 g/mol. The monoisotopic (exact) mass is 853 g/mol. The molecule has 0 unspecified atom stereocenters. The van der Waals surface area contributed by atoms with E-state index < -0.39 is 5.41 Å². The van der Waals surface area contributed by atoms with Gasteiger partial charge in [-0.25, -0.2) is 0 Å². The normalized spacial score (nSPS) is 12.6. The summed E-state index contributed by atoms with van der Waals surface area (Å²) in [7, 11) is 0. The molecule has 13 rings (SSSR count). The Morgan fingerprint density at radius 3 is 1.70 bits per heavy atom. The maximum Gasteiger partial charge on any atom is 0.143 e. The molecule has 2 heteroatoms. The summed E-state index contributed by atoms with van der Waals surface area (Å²) in [5.41, 5.74) is 19.0. The molecule has 0 N–H and O–H groups in total. The maximum absolute atomic E-state index is 6.69. The molecule has 0 saturated heterocycles. The van der Waals surface area contributed by atoms with Gasteiger partial charge < -0.3 is 9.32 Å². The van der Waals surface area contributed by atoms with Crippen LogP contribution < -0.4 is 4.90 Å². The van der Waals surface area contributed by atoms with Crippen molar-refractivity contribution in [2.24, 2.45) is 0 Å². The Kier molecular flexibility index (Phi) is 9.11. The van der Waals surface area contributed by atoms with Gasteiger partial charge in [0.25, 0.3) is 0 Å². The van der Waals surface area contributed by atoms with Crippen molar-refractivity contribution in [3.8, 4) is 44.5 Å². The number of nitrogens with zero attached hydrogens (tertiary/aromatic N) is 1. The number of anilines is 3. The van der Waals surface area contributed by atoms with Crippen molar-refractivity contribution in [2.75, 3.05) is 4.90 Å². The first-order valence-corrected chi connectivity index (χ1v) is 23.1. The van der Waals surface area contributed by atoms with E-state index in [4.69, 9.17) is 4.42 Å². The Hall–Kier alpha value is -8.72. The Balaban J connectivity index is 1.03. The van der Waals surface area contributed by atoms with Gasteiger partial charge in [-0.05, 0) is 115 Å². The molecule has 0 atom stereocenters. The summed E-state index contributed by atoms with van der Waals surface area (Å²) >= 11 is 0. The van der Waals surface area contributed by atoms with E-state index >= 15 is 0 Å². The van der Waals surface area contributed by atoms with E-state index in [1.165, 1.54) is 55.5 Å². The summed E-state index contributed by atoms with van der Waals surface area (Å²) in [6.45, 7) is 0. The van der Waals surface area contributed by atoms with Crippen LogP contribution in [-0.2, 0) is 5.41 Å². The van der Waals surface area contributed by atoms with E-state index in [9.17, 15) is 0 Å². The fourth-order valence-electron chi connectivity index (χ4n) is 11.0. The highest BCUT2D eigenvalue weighted by Crippen LogP contribution is 2.59. The van der Waals surface area contributed by atoms with Gasteiger partial charge in [-0.1, -0.05) is 212 Å². The van der Waals surface area contributed by atoms with E-state index in [0.29, 0.717) is 0 Å². The third kappa shape index (κ3) is 6.18. The van der Waals surface area contributed by atoms with Crippen molar-refractivity contribution in [3.63, 3.8) is 0 Å². The molecular formula is C65H43NO. The maximum atomic E-state index is 6.69. The SMILES string of the molecule is c1ccc(-c2cccc(-c3ccc(N(c4cccc(-c5cccc6oc7c8ccccc8ccc7c56)c4)c4cccc5c4-c4ccccc4C5(c4ccccc4)c4ccccc4)cc3)c2)cc1. The molecule has 67 heavy (non-hydrogen) atoms. The summed E-state index contributed by atoms with van der Waals surface area (Å²) in [6.07, 6.45) is 0. The van der Waals surface area contributed by atoms with Gasteiger partial charge in [-0.3, -0.25) is 0 Å². The molecule has 1 aromatic heterocycles. The van der Waals surface area contributed by atoms with E-state index in [0.717, 1.165) is 61.1 Å². The zero-order valence-electron chi connectivity index (χ0n) is 36.7. The van der Waals surface area contributed by atoms with E-state index in [-0.39, 0.29) is 0 Å². The first-order valence-electron chi connectivity index (χ1n) is 23.1. The van der Waals surface area contributed by atoms with Crippen molar-refractivity contribution < 1.29 is 4.42 Å². The quantitative estimate of drug-likeness (QED) is 0.151. The zero-order chi connectivity index (χ0) is 44.3. The number of furan rings is 1. The molecule has 2 nitrogen and oxygen atoms in total. The second kappa shape index (κ2) is 15.8. The molecule has 1 aliphatic rings. The molecule has 0 aliphatic heterocycles. The van der Waals surface area contributed by atoms with Gasteiger partial charge in [0.05, 0.1) is 11.1 Å². The van der Waals surface area contributed by atoms with Crippen molar-refractivity contribution in [3.05, 3.63) is 283 Å². The third-order valence-electron chi connectivity index (χ3n) is 13.9. The van der Waals surface area contributed by atoms with Crippen LogP contribution in [-0.4, -0.2) is 0 Å². The molecule has 0 radical (unpaired) electrons. The minimum absolute atomic E-state index is 0.534. The molecule has 0 amide bonds. The molecule has 0 fully saturated rings. The average molecular weight is 854 g/mol. The second-order valence-corrected chi connectivity index (χ2v) is 17.6. The molecule has 11 aromatic carbocycles. The smallest absolute Gasteiger partial charge is 0.143 e. The van der Waals surface area contributed by atoms with Gasteiger partial charge in [0.1, 0.15) is 11.2 Å². The summed E-state index contributed by atoms with van der Waals surface area (Å²) in [5, 5.41) is 4.54. The standard InChI is InChI=1S/C65H43NO/c1-4-18-44(19-5-1)47-21-14-22-48(42-47)45-36-39-52(40-37-45)66(53-28-15-23-49(43-53)54-31-16-35-61-62(54)57-41-38-46-20-10-11-29-55(46)64(57)67-61)60-34-17-33-59-63(60)56-30-12-13-32-58(56)65(59,50-24-6-2-7-25-50)51-26-8-3-9-27-51/h1-43H. The molecule has 314 valence electrons. The lowest BCUT2D eigenvalue weighted by atomic mass is 9.68. The van der Waals surface area contributed by atoms with Crippen LogP contribution in [0.4, 0.5) is 17.1 Å². The molecule has 1 aliphatic carbocycles. The lowest BCUT2D eigenvalue weighted by Crippen LogP contribution is -2.28. The summed E-state index contributed by atoms with van der Waals surface area (Å²) in [4.78, 5) is 2.47. The molecule has 0 saturated carbocycles. The molecule has 1 heterocycles. The predicted octanol–water partition coefficient (Wildman–Crippen LogP) is 17.6. The Labute approximate surface area is 390 Å². The third-order valence-corrected chi connectivity index (χ3v) is 13.9. The first-order chi connectivity index (χ1) is 33.2. The summed E-state index contributed by atoms with van der Waals surface area (Å²) in [6, 6.07) is 95.0. The fourth-order valence-corrected chi connectivity index (χ4v) is 11.0. The number of rotatable bonds is 8. The van der Waals surface area contributed by atoms with Gasteiger partial charge in [-0.2, -0.15) is 0 Å². The van der Waals surface area contributed by atoms with Crippen molar-refractivity contribution >= 4 is 49.8 Å². The van der Waals surface area contributed by atoms with Crippen LogP contribution in [0.1, 0.15) is 22.3 Å². The van der Waals surface area contributed by atoms with Crippen LogP contribution in [0.15, 0.2) is 265 Å². The van der Waals surface area contributed by atoms with Gasteiger partial charge in [-0.15, -0.1) is 0 Å². The minimum Gasteiger partial charge on any atom is -0.455 e. The Bertz CT molecular complexity index is 3760. The summed E-state index contributed by atoms with van der Waals surface area (Å²) < 4.78 is 6.69. The molecule has 12 aromatic rings. The van der Waals surface area contributed by atoms with Crippen LogP contribution in [0, 0.1) is 0 Å². The van der Waals surface area contributed by atoms with E-state index in [1.54, 1.807) is 0 Å². The lowest BCUT2D eigenvalue weighted by Gasteiger charge is -2.34. The van der Waals surface area contributed by atoms with Crippen molar-refractivity contribution in [1.82, 2.24) is 0 Å². The number of fused-ring (bicyclic) bond motifs is 8. The number of hydrogen-bond donors (Lipinski definition) is 0. The van der Waals surface area contributed by atoms with E-state index in [2.05, 4.69) is 266 Å². The van der Waals surface area contributed by atoms with Crippen molar-refractivity contribution in [2.45, 2.75) is 5.41 Å². The Morgan fingerprint density at radius 1 is 0.343 bits per heavy atom. The number of hydrogen-bond acceptors (Lipinski definition) is 2. The largest absolute Gasteiger partial charge is 0.455 e. The molecule has 0 spiro atoms. The zero-order valence-corrected chi connectivity index (χ0v) is 36.7. The van der Waals surface area contributed by atoms with Crippen LogP contribution >= 0.6 is 0 Å². The highest BCUT2D eigenvalue weighted by molar-refractivity contribution is 6.19. The molecule has 0 bridgehead atoms. The van der Waals surface area contributed by atoms with Crippen LogP contribution in [0.5, 0.6) is 0 Å². The number of benzene rings is 11. The van der Waals surface area contributed by atoms with Crippen LogP contribution in [0.2, 0.25) is 0 Å². The highest BCUT2D eigenvalue weighted by Gasteiger charge is 2.47. The van der Waals surface area contributed by atoms with Crippen molar-refractivity contribution in [1.29, 1.82) is 0 Å². The van der Waals surface area contributed by atoms with Crippen LogP contribution in [0.3, 0.4) is 0 Å².